The van der Waals surface area contributed by atoms with Crippen molar-refractivity contribution in [3.05, 3.63) is 24.3 Å². The molecular formula is C18H22N2O5S. The van der Waals surface area contributed by atoms with Gasteiger partial charge in [0.25, 0.3) is 11.1 Å². The highest BCUT2D eigenvalue weighted by molar-refractivity contribution is 8.14. The number of nitrogens with zero attached hydrogens (tertiary/aromatic N) is 1. The van der Waals surface area contributed by atoms with Gasteiger partial charge in [-0.3, -0.25) is 19.3 Å². The Morgan fingerprint density at radius 3 is 2.65 bits per heavy atom. The van der Waals surface area contributed by atoms with Crippen molar-refractivity contribution in [2.24, 2.45) is 0 Å². The molecule has 8 heteroatoms. The van der Waals surface area contributed by atoms with Gasteiger partial charge in [-0.25, -0.2) is 0 Å². The number of benzene rings is 1. The van der Waals surface area contributed by atoms with Crippen molar-refractivity contribution >= 4 is 28.8 Å². The molecule has 0 aromatic heterocycles. The van der Waals surface area contributed by atoms with Crippen LogP contribution in [0.2, 0.25) is 0 Å². The standard InChI is InChI=1S/C18H22N2O5S/c1-24-14-8-4-5-9-15(14)25-10-16(21)19-12-6-2-3-7-13(12)20-17(22)11-26-18(20)23/h4-5,8-9,12-13H,2-3,6-7,10-11H2,1H3,(H,19,21). The maximum Gasteiger partial charge on any atom is 0.289 e. The molecule has 1 aliphatic carbocycles. The highest BCUT2D eigenvalue weighted by Crippen LogP contribution is 2.30. The Labute approximate surface area is 156 Å². The van der Waals surface area contributed by atoms with Gasteiger partial charge in [-0.15, -0.1) is 0 Å². The van der Waals surface area contributed by atoms with Gasteiger partial charge in [0.05, 0.1) is 18.9 Å². The van der Waals surface area contributed by atoms with Gasteiger partial charge in [0.1, 0.15) is 0 Å². The number of rotatable bonds is 6. The summed E-state index contributed by atoms with van der Waals surface area (Å²) < 4.78 is 10.7. The summed E-state index contributed by atoms with van der Waals surface area (Å²) in [5.41, 5.74) is 0. The molecule has 1 saturated heterocycles. The van der Waals surface area contributed by atoms with E-state index in [1.807, 2.05) is 6.07 Å². The minimum absolute atomic E-state index is 0.153. The summed E-state index contributed by atoms with van der Waals surface area (Å²) in [5, 5.41) is 2.72. The Morgan fingerprint density at radius 1 is 1.23 bits per heavy atom. The molecule has 1 aromatic rings. The molecule has 0 spiro atoms. The first-order valence-electron chi connectivity index (χ1n) is 8.64. The van der Waals surface area contributed by atoms with E-state index in [2.05, 4.69) is 5.32 Å². The number of carbonyl (C=O) groups excluding carboxylic acids is 3. The minimum Gasteiger partial charge on any atom is -0.493 e. The number of methoxy groups -OCH3 is 1. The fourth-order valence-electron chi connectivity index (χ4n) is 3.40. The molecule has 0 radical (unpaired) electrons. The lowest BCUT2D eigenvalue weighted by Crippen LogP contribution is -2.55. The maximum absolute atomic E-state index is 12.3. The minimum atomic E-state index is -0.278. The molecule has 2 atom stereocenters. The summed E-state index contributed by atoms with van der Waals surface area (Å²) in [6.45, 7) is -0.153. The highest BCUT2D eigenvalue weighted by Gasteiger charge is 2.41. The van der Waals surface area contributed by atoms with Gasteiger partial charge >= 0.3 is 0 Å². The Bertz CT molecular complexity index is 680. The average molecular weight is 378 g/mol. The first-order chi connectivity index (χ1) is 12.6. The topological polar surface area (TPSA) is 84.9 Å². The molecule has 0 bridgehead atoms. The smallest absolute Gasteiger partial charge is 0.289 e. The van der Waals surface area contributed by atoms with Crippen molar-refractivity contribution < 1.29 is 23.9 Å². The van der Waals surface area contributed by atoms with Crippen LogP contribution in [0.5, 0.6) is 11.5 Å². The molecule has 3 amide bonds. The molecule has 1 aromatic carbocycles. The van der Waals surface area contributed by atoms with Crippen molar-refractivity contribution in [3.63, 3.8) is 0 Å². The second-order valence-electron chi connectivity index (χ2n) is 6.28. The Balaban J connectivity index is 1.60. The summed E-state index contributed by atoms with van der Waals surface area (Å²) in [7, 11) is 1.54. The van der Waals surface area contributed by atoms with E-state index in [0.29, 0.717) is 11.5 Å². The van der Waals surface area contributed by atoms with Crippen molar-refractivity contribution in [2.45, 2.75) is 37.8 Å². The predicted molar refractivity (Wildman–Crippen MR) is 97.4 cm³/mol. The second-order valence-corrected chi connectivity index (χ2v) is 7.21. The van der Waals surface area contributed by atoms with E-state index >= 15 is 0 Å². The quantitative estimate of drug-likeness (QED) is 0.817. The molecule has 3 rings (SSSR count). The zero-order valence-corrected chi connectivity index (χ0v) is 15.4. The van der Waals surface area contributed by atoms with Gasteiger partial charge in [-0.1, -0.05) is 36.7 Å². The van der Waals surface area contributed by atoms with Crippen molar-refractivity contribution in [2.75, 3.05) is 19.5 Å². The molecule has 140 valence electrons. The van der Waals surface area contributed by atoms with Crippen LogP contribution in [0, 0.1) is 0 Å². The first-order valence-corrected chi connectivity index (χ1v) is 9.62. The Morgan fingerprint density at radius 2 is 1.96 bits per heavy atom. The van der Waals surface area contributed by atoms with Crippen LogP contribution in [0.1, 0.15) is 25.7 Å². The first kappa shape index (κ1) is 18.6. The average Bonchev–Trinajstić information content (AvgIpc) is 2.99. The van der Waals surface area contributed by atoms with Gasteiger partial charge in [-0.2, -0.15) is 0 Å². The molecule has 26 heavy (non-hydrogen) atoms. The zero-order chi connectivity index (χ0) is 18.5. The SMILES string of the molecule is COc1ccccc1OCC(=O)NC1CCCCC1N1C(=O)CSC1=O. The Kier molecular flexibility index (Phi) is 6.03. The number of amides is 3. The second kappa shape index (κ2) is 8.44. The van der Waals surface area contributed by atoms with Gasteiger partial charge in [0.2, 0.25) is 5.91 Å². The van der Waals surface area contributed by atoms with Crippen LogP contribution in [0.25, 0.3) is 0 Å². The number of para-hydroxylation sites is 2. The van der Waals surface area contributed by atoms with Crippen LogP contribution >= 0.6 is 11.8 Å². The third-order valence-corrected chi connectivity index (χ3v) is 5.45. The number of imide groups is 1. The fraction of sp³-hybridized carbons (Fsp3) is 0.500. The summed E-state index contributed by atoms with van der Waals surface area (Å²) in [6, 6.07) is 6.61. The lowest BCUT2D eigenvalue weighted by molar-refractivity contribution is -0.129. The van der Waals surface area contributed by atoms with Crippen LogP contribution < -0.4 is 14.8 Å². The molecule has 1 saturated carbocycles. The molecule has 2 fully saturated rings. The predicted octanol–water partition coefficient (Wildman–Crippen LogP) is 2.20. The van der Waals surface area contributed by atoms with Crippen molar-refractivity contribution in [3.8, 4) is 11.5 Å². The molecule has 1 aliphatic heterocycles. The third-order valence-electron chi connectivity index (χ3n) is 4.62. The highest BCUT2D eigenvalue weighted by atomic mass is 32.2. The van der Waals surface area contributed by atoms with E-state index in [1.54, 1.807) is 18.2 Å². The lowest BCUT2D eigenvalue weighted by Gasteiger charge is -2.36. The maximum atomic E-state index is 12.3. The number of carbonyl (C=O) groups is 3. The largest absolute Gasteiger partial charge is 0.493 e. The number of nitrogens with one attached hydrogen (secondary N) is 1. The van der Waals surface area contributed by atoms with Gasteiger partial charge in [0, 0.05) is 6.04 Å². The monoisotopic (exact) mass is 378 g/mol. The Hall–Kier alpha value is -2.22. The van der Waals surface area contributed by atoms with Crippen LogP contribution in [-0.4, -0.2) is 53.5 Å². The van der Waals surface area contributed by atoms with E-state index in [0.717, 1.165) is 37.4 Å². The van der Waals surface area contributed by atoms with Gasteiger partial charge in [0.15, 0.2) is 18.1 Å². The molecule has 2 unspecified atom stereocenters. The van der Waals surface area contributed by atoms with Crippen molar-refractivity contribution in [1.82, 2.24) is 10.2 Å². The number of hydrogen-bond acceptors (Lipinski definition) is 6. The summed E-state index contributed by atoms with van der Waals surface area (Å²) in [6.07, 6.45) is 3.36. The van der Waals surface area contributed by atoms with E-state index < -0.39 is 0 Å². The molecule has 7 nitrogen and oxygen atoms in total. The van der Waals surface area contributed by atoms with Crippen LogP contribution in [0.3, 0.4) is 0 Å². The molecule has 2 aliphatic rings. The zero-order valence-electron chi connectivity index (χ0n) is 14.6. The van der Waals surface area contributed by atoms with E-state index in [9.17, 15) is 14.4 Å². The van der Waals surface area contributed by atoms with Gasteiger partial charge in [-0.05, 0) is 25.0 Å². The summed E-state index contributed by atoms with van der Waals surface area (Å²) in [4.78, 5) is 37.7. The van der Waals surface area contributed by atoms with Gasteiger partial charge < -0.3 is 14.8 Å². The molecular weight excluding hydrogens is 356 g/mol. The van der Waals surface area contributed by atoms with Crippen molar-refractivity contribution in [1.29, 1.82) is 0 Å². The number of hydrogen-bond donors (Lipinski definition) is 1. The van der Waals surface area contributed by atoms with Crippen LogP contribution in [0.4, 0.5) is 4.79 Å². The number of ether oxygens (including phenoxy) is 2. The summed E-state index contributed by atoms with van der Waals surface area (Å²) in [5.74, 6) is 0.788. The number of thioether (sulfide) groups is 1. The molecule has 1 N–H and O–H groups in total. The third kappa shape index (κ3) is 4.12. The van der Waals surface area contributed by atoms with E-state index in [-0.39, 0.29) is 41.5 Å². The van der Waals surface area contributed by atoms with E-state index in [4.69, 9.17) is 9.47 Å². The normalized spacial score (nSPS) is 23.0. The van der Waals surface area contributed by atoms with Crippen LogP contribution in [-0.2, 0) is 9.59 Å². The van der Waals surface area contributed by atoms with Crippen LogP contribution in [0.15, 0.2) is 24.3 Å². The molecule has 1 heterocycles. The lowest BCUT2D eigenvalue weighted by atomic mass is 9.89. The fourth-order valence-corrected chi connectivity index (χ4v) is 4.17. The van der Waals surface area contributed by atoms with E-state index in [1.165, 1.54) is 12.0 Å². The summed E-state index contributed by atoms with van der Waals surface area (Å²) >= 11 is 1.03.